The first kappa shape index (κ1) is 12.0. The minimum atomic E-state index is 0.463. The van der Waals surface area contributed by atoms with Crippen molar-refractivity contribution in [2.75, 3.05) is 13.1 Å². The standard InChI is InChI=1S/C16H23NO/c1-2-8-15(7-1)18-16-9-3-5-13(11-16)14-6-4-10-17-12-14/h3,5,9,11,14-15,17H,1-2,4,6-8,10,12H2. The molecule has 1 aromatic rings. The van der Waals surface area contributed by atoms with Gasteiger partial charge in [-0.2, -0.15) is 0 Å². The molecule has 0 aromatic heterocycles. The van der Waals surface area contributed by atoms with Crippen LogP contribution in [0.1, 0.15) is 50.0 Å². The van der Waals surface area contributed by atoms with E-state index in [-0.39, 0.29) is 0 Å². The maximum absolute atomic E-state index is 6.09. The summed E-state index contributed by atoms with van der Waals surface area (Å²) in [6, 6.07) is 8.77. The molecule has 0 bridgehead atoms. The van der Waals surface area contributed by atoms with Gasteiger partial charge >= 0.3 is 0 Å². The van der Waals surface area contributed by atoms with Crippen LogP contribution < -0.4 is 10.1 Å². The van der Waals surface area contributed by atoms with E-state index in [2.05, 4.69) is 29.6 Å². The summed E-state index contributed by atoms with van der Waals surface area (Å²) >= 11 is 0. The first-order valence-electron chi connectivity index (χ1n) is 7.39. The maximum atomic E-state index is 6.09. The highest BCUT2D eigenvalue weighted by Gasteiger charge is 2.18. The van der Waals surface area contributed by atoms with E-state index in [1.807, 2.05) is 0 Å². The Morgan fingerprint density at radius 3 is 2.72 bits per heavy atom. The van der Waals surface area contributed by atoms with E-state index in [4.69, 9.17) is 4.74 Å². The number of hydrogen-bond donors (Lipinski definition) is 1. The molecule has 98 valence electrons. The molecule has 1 atom stereocenters. The highest BCUT2D eigenvalue weighted by molar-refractivity contribution is 5.31. The Morgan fingerprint density at radius 2 is 1.94 bits per heavy atom. The van der Waals surface area contributed by atoms with Crippen LogP contribution in [0.2, 0.25) is 0 Å². The molecule has 1 saturated carbocycles. The van der Waals surface area contributed by atoms with Gasteiger partial charge in [-0.3, -0.25) is 0 Å². The van der Waals surface area contributed by atoms with Crippen LogP contribution in [-0.4, -0.2) is 19.2 Å². The Bertz CT molecular complexity index is 378. The van der Waals surface area contributed by atoms with E-state index in [9.17, 15) is 0 Å². The Morgan fingerprint density at radius 1 is 1.06 bits per heavy atom. The summed E-state index contributed by atoms with van der Waals surface area (Å²) in [7, 11) is 0. The van der Waals surface area contributed by atoms with Crippen LogP contribution in [0.5, 0.6) is 5.75 Å². The molecule has 1 aliphatic carbocycles. The third-order valence-corrected chi connectivity index (χ3v) is 4.23. The lowest BCUT2D eigenvalue weighted by atomic mass is 9.92. The second-order valence-corrected chi connectivity index (χ2v) is 5.64. The number of piperidine rings is 1. The van der Waals surface area contributed by atoms with Crippen LogP contribution >= 0.6 is 0 Å². The summed E-state index contributed by atoms with van der Waals surface area (Å²) in [5, 5.41) is 3.49. The molecule has 2 aliphatic rings. The van der Waals surface area contributed by atoms with Gasteiger partial charge in [0.25, 0.3) is 0 Å². The first-order chi connectivity index (χ1) is 8.92. The molecule has 0 radical (unpaired) electrons. The van der Waals surface area contributed by atoms with Crippen molar-refractivity contribution in [1.82, 2.24) is 5.32 Å². The predicted octanol–water partition coefficient (Wildman–Crippen LogP) is 3.48. The molecule has 1 N–H and O–H groups in total. The molecule has 1 heterocycles. The molecule has 1 aliphatic heterocycles. The maximum Gasteiger partial charge on any atom is 0.120 e. The zero-order chi connectivity index (χ0) is 12.2. The van der Waals surface area contributed by atoms with Crippen molar-refractivity contribution < 1.29 is 4.74 Å². The van der Waals surface area contributed by atoms with Crippen molar-refractivity contribution >= 4 is 0 Å². The average molecular weight is 245 g/mol. The summed E-state index contributed by atoms with van der Waals surface area (Å²) in [5.41, 5.74) is 1.44. The predicted molar refractivity (Wildman–Crippen MR) is 74.2 cm³/mol. The van der Waals surface area contributed by atoms with E-state index in [1.54, 1.807) is 0 Å². The lowest BCUT2D eigenvalue weighted by Gasteiger charge is -2.24. The largest absolute Gasteiger partial charge is 0.490 e. The van der Waals surface area contributed by atoms with Crippen molar-refractivity contribution in [2.45, 2.75) is 50.5 Å². The van der Waals surface area contributed by atoms with Crippen molar-refractivity contribution in [3.63, 3.8) is 0 Å². The molecule has 1 aromatic carbocycles. The van der Waals surface area contributed by atoms with Crippen molar-refractivity contribution in [3.8, 4) is 5.75 Å². The lowest BCUT2D eigenvalue weighted by molar-refractivity contribution is 0.209. The average Bonchev–Trinajstić information content (AvgIpc) is 2.93. The first-order valence-corrected chi connectivity index (χ1v) is 7.39. The van der Waals surface area contributed by atoms with E-state index in [0.29, 0.717) is 12.0 Å². The summed E-state index contributed by atoms with van der Waals surface area (Å²) in [6.07, 6.45) is 8.18. The summed E-state index contributed by atoms with van der Waals surface area (Å²) < 4.78 is 6.09. The molecule has 3 rings (SSSR count). The SMILES string of the molecule is c1cc(OC2CCCC2)cc(C2CCCNC2)c1. The number of nitrogens with one attached hydrogen (secondary N) is 1. The third-order valence-electron chi connectivity index (χ3n) is 4.23. The fraction of sp³-hybridized carbons (Fsp3) is 0.625. The smallest absolute Gasteiger partial charge is 0.120 e. The van der Waals surface area contributed by atoms with Gasteiger partial charge in [0, 0.05) is 6.54 Å². The highest BCUT2D eigenvalue weighted by atomic mass is 16.5. The van der Waals surface area contributed by atoms with Gasteiger partial charge < -0.3 is 10.1 Å². The van der Waals surface area contributed by atoms with Gasteiger partial charge in [-0.05, 0) is 68.7 Å². The topological polar surface area (TPSA) is 21.3 Å². The number of benzene rings is 1. The molecule has 2 nitrogen and oxygen atoms in total. The lowest BCUT2D eigenvalue weighted by Crippen LogP contribution is -2.28. The normalized spacial score (nSPS) is 25.2. The quantitative estimate of drug-likeness (QED) is 0.880. The molecule has 0 amide bonds. The van der Waals surface area contributed by atoms with E-state index >= 15 is 0 Å². The molecule has 2 fully saturated rings. The van der Waals surface area contributed by atoms with E-state index < -0.39 is 0 Å². The van der Waals surface area contributed by atoms with E-state index in [1.165, 1.54) is 50.6 Å². The fourth-order valence-corrected chi connectivity index (χ4v) is 3.18. The number of ether oxygens (including phenoxy) is 1. The van der Waals surface area contributed by atoms with E-state index in [0.717, 1.165) is 12.3 Å². The van der Waals surface area contributed by atoms with Crippen LogP contribution in [0.4, 0.5) is 0 Å². The molecule has 1 unspecified atom stereocenters. The molecule has 0 spiro atoms. The molecular formula is C16H23NO. The second kappa shape index (κ2) is 5.75. The Balaban J connectivity index is 1.67. The monoisotopic (exact) mass is 245 g/mol. The second-order valence-electron chi connectivity index (χ2n) is 5.64. The van der Waals surface area contributed by atoms with Gasteiger partial charge in [0.2, 0.25) is 0 Å². The Hall–Kier alpha value is -1.02. The minimum absolute atomic E-state index is 0.463. The molecule has 2 heteroatoms. The van der Waals surface area contributed by atoms with Gasteiger partial charge in [-0.1, -0.05) is 12.1 Å². The Kier molecular flexibility index (Phi) is 3.84. The van der Waals surface area contributed by atoms with Gasteiger partial charge in [0.1, 0.15) is 5.75 Å². The number of hydrogen-bond acceptors (Lipinski definition) is 2. The summed E-state index contributed by atoms with van der Waals surface area (Å²) in [5.74, 6) is 1.75. The zero-order valence-corrected chi connectivity index (χ0v) is 11.0. The molecular weight excluding hydrogens is 222 g/mol. The Labute approximate surface area is 110 Å². The number of rotatable bonds is 3. The third kappa shape index (κ3) is 2.86. The highest BCUT2D eigenvalue weighted by Crippen LogP contribution is 2.28. The van der Waals surface area contributed by atoms with Gasteiger partial charge in [-0.15, -0.1) is 0 Å². The van der Waals surface area contributed by atoms with Crippen LogP contribution in [-0.2, 0) is 0 Å². The van der Waals surface area contributed by atoms with Crippen LogP contribution in [0.25, 0.3) is 0 Å². The van der Waals surface area contributed by atoms with Crippen molar-refractivity contribution in [3.05, 3.63) is 29.8 Å². The van der Waals surface area contributed by atoms with Gasteiger partial charge in [0.05, 0.1) is 6.10 Å². The van der Waals surface area contributed by atoms with Crippen LogP contribution in [0, 0.1) is 0 Å². The summed E-state index contributed by atoms with van der Waals surface area (Å²) in [6.45, 7) is 2.29. The summed E-state index contributed by atoms with van der Waals surface area (Å²) in [4.78, 5) is 0. The minimum Gasteiger partial charge on any atom is -0.490 e. The van der Waals surface area contributed by atoms with Crippen LogP contribution in [0.15, 0.2) is 24.3 Å². The molecule has 1 saturated heterocycles. The van der Waals surface area contributed by atoms with Crippen molar-refractivity contribution in [2.24, 2.45) is 0 Å². The zero-order valence-electron chi connectivity index (χ0n) is 11.0. The molecule has 18 heavy (non-hydrogen) atoms. The van der Waals surface area contributed by atoms with Gasteiger partial charge in [-0.25, -0.2) is 0 Å². The van der Waals surface area contributed by atoms with Crippen molar-refractivity contribution in [1.29, 1.82) is 0 Å². The van der Waals surface area contributed by atoms with Crippen LogP contribution in [0.3, 0.4) is 0 Å². The fourth-order valence-electron chi connectivity index (χ4n) is 3.18. The van der Waals surface area contributed by atoms with Gasteiger partial charge in [0.15, 0.2) is 0 Å².